The summed E-state index contributed by atoms with van der Waals surface area (Å²) < 4.78 is 4.81. The van der Waals surface area contributed by atoms with Crippen LogP contribution in [0.25, 0.3) is 17.0 Å². The molecular weight excluding hydrogens is 264 g/mol. The fraction of sp³-hybridized carbons (Fsp3) is 0.143. The van der Waals surface area contributed by atoms with Crippen LogP contribution in [-0.2, 0) is 9.53 Å². The maximum atomic E-state index is 11.6. The summed E-state index contributed by atoms with van der Waals surface area (Å²) >= 11 is 6.09. The highest BCUT2D eigenvalue weighted by atomic mass is 35.5. The van der Waals surface area contributed by atoms with Crippen molar-refractivity contribution in [2.24, 2.45) is 0 Å². The van der Waals surface area contributed by atoms with Crippen LogP contribution >= 0.6 is 11.6 Å². The minimum atomic E-state index is -0.647. The zero-order chi connectivity index (χ0) is 13.8. The van der Waals surface area contributed by atoms with E-state index in [2.05, 4.69) is 4.98 Å². The molecule has 2 rings (SSSR count). The molecule has 0 unspecified atom stereocenters. The van der Waals surface area contributed by atoms with Crippen molar-refractivity contribution in [3.63, 3.8) is 0 Å². The highest BCUT2D eigenvalue weighted by molar-refractivity contribution is 6.33. The third kappa shape index (κ3) is 2.61. The smallest absolute Gasteiger partial charge is 0.348 e. The molecule has 0 aliphatic carbocycles. The Kier molecular flexibility index (Phi) is 3.88. The molecule has 0 amide bonds. The summed E-state index contributed by atoms with van der Waals surface area (Å²) in [6.07, 6.45) is 1.44. The number of benzene rings is 1. The topological polar surface area (TPSA) is 65.9 Å². The van der Waals surface area contributed by atoms with Gasteiger partial charge >= 0.3 is 5.97 Å². The number of halogens is 1. The van der Waals surface area contributed by atoms with Crippen molar-refractivity contribution in [1.82, 2.24) is 4.98 Å². The van der Waals surface area contributed by atoms with Crippen molar-refractivity contribution >= 4 is 34.5 Å². The Labute approximate surface area is 115 Å². The molecular formula is C14H11ClN2O2. The molecule has 0 fully saturated rings. The molecule has 96 valence electrons. The van der Waals surface area contributed by atoms with Gasteiger partial charge in [0, 0.05) is 16.5 Å². The first kappa shape index (κ1) is 13.2. The molecule has 0 atom stereocenters. The predicted molar refractivity (Wildman–Crippen MR) is 73.5 cm³/mol. The molecule has 0 aliphatic heterocycles. The monoisotopic (exact) mass is 274 g/mol. The SMILES string of the molecule is CCOC(=O)C(C#N)=Cc1c(Cl)[nH]c2ccccc12. The van der Waals surface area contributed by atoms with Crippen LogP contribution in [0.4, 0.5) is 0 Å². The molecule has 0 bridgehead atoms. The van der Waals surface area contributed by atoms with E-state index in [-0.39, 0.29) is 12.2 Å². The van der Waals surface area contributed by atoms with Gasteiger partial charge in [-0.1, -0.05) is 29.8 Å². The third-order valence-corrected chi connectivity index (χ3v) is 2.90. The minimum absolute atomic E-state index is 0.0755. The number of nitrogens with one attached hydrogen (secondary N) is 1. The van der Waals surface area contributed by atoms with Crippen LogP contribution in [0.5, 0.6) is 0 Å². The van der Waals surface area contributed by atoms with E-state index in [1.807, 2.05) is 30.3 Å². The quantitative estimate of drug-likeness (QED) is 0.530. The van der Waals surface area contributed by atoms with Gasteiger partial charge in [0.1, 0.15) is 16.8 Å². The number of rotatable bonds is 3. The minimum Gasteiger partial charge on any atom is -0.462 e. The average Bonchev–Trinajstić information content (AvgIpc) is 2.72. The fourth-order valence-electron chi connectivity index (χ4n) is 1.76. The van der Waals surface area contributed by atoms with Crippen LogP contribution in [0.1, 0.15) is 12.5 Å². The summed E-state index contributed by atoms with van der Waals surface area (Å²) in [7, 11) is 0. The van der Waals surface area contributed by atoms with E-state index in [1.165, 1.54) is 6.08 Å². The van der Waals surface area contributed by atoms with E-state index in [0.717, 1.165) is 10.9 Å². The van der Waals surface area contributed by atoms with Crippen LogP contribution in [-0.4, -0.2) is 17.6 Å². The van der Waals surface area contributed by atoms with Gasteiger partial charge < -0.3 is 9.72 Å². The highest BCUT2D eigenvalue weighted by Crippen LogP contribution is 2.28. The summed E-state index contributed by atoms with van der Waals surface area (Å²) in [6, 6.07) is 9.30. The third-order valence-electron chi connectivity index (χ3n) is 2.60. The Hall–Kier alpha value is -2.25. The molecule has 1 aromatic heterocycles. The molecule has 0 aliphatic rings. The van der Waals surface area contributed by atoms with Gasteiger partial charge in [-0.15, -0.1) is 0 Å². The predicted octanol–water partition coefficient (Wildman–Crippen LogP) is 3.29. The molecule has 0 radical (unpaired) electrons. The fourth-order valence-corrected chi connectivity index (χ4v) is 2.02. The van der Waals surface area contributed by atoms with Gasteiger partial charge in [-0.3, -0.25) is 0 Å². The zero-order valence-electron chi connectivity index (χ0n) is 10.2. The summed E-state index contributed by atoms with van der Waals surface area (Å²) in [5, 5.41) is 10.3. The zero-order valence-corrected chi connectivity index (χ0v) is 11.0. The number of fused-ring (bicyclic) bond motifs is 1. The first-order valence-corrected chi connectivity index (χ1v) is 6.10. The van der Waals surface area contributed by atoms with Crippen molar-refractivity contribution in [1.29, 1.82) is 5.26 Å². The number of esters is 1. The number of hydrogen-bond acceptors (Lipinski definition) is 3. The van der Waals surface area contributed by atoms with Gasteiger partial charge in [-0.2, -0.15) is 5.26 Å². The summed E-state index contributed by atoms with van der Waals surface area (Å²) in [5.41, 5.74) is 1.38. The molecule has 5 heteroatoms. The van der Waals surface area contributed by atoms with Gasteiger partial charge in [-0.25, -0.2) is 4.79 Å². The number of carbonyl (C=O) groups is 1. The maximum absolute atomic E-state index is 11.6. The van der Waals surface area contributed by atoms with Crippen LogP contribution in [0.3, 0.4) is 0 Å². The number of para-hydroxylation sites is 1. The van der Waals surface area contributed by atoms with Crippen LogP contribution < -0.4 is 0 Å². The number of nitrogens with zero attached hydrogens (tertiary/aromatic N) is 1. The van der Waals surface area contributed by atoms with Crippen LogP contribution in [0, 0.1) is 11.3 Å². The van der Waals surface area contributed by atoms with E-state index in [4.69, 9.17) is 21.6 Å². The van der Waals surface area contributed by atoms with Gasteiger partial charge in [0.15, 0.2) is 0 Å². The molecule has 1 aromatic carbocycles. The lowest BCUT2D eigenvalue weighted by atomic mass is 10.1. The number of nitriles is 1. The lowest BCUT2D eigenvalue weighted by Gasteiger charge is -1.99. The second-order valence-corrected chi connectivity index (χ2v) is 4.17. The van der Waals surface area contributed by atoms with E-state index in [1.54, 1.807) is 6.92 Å². The number of carbonyl (C=O) groups excluding carboxylic acids is 1. The molecule has 2 aromatic rings. The molecule has 1 N–H and O–H groups in total. The largest absolute Gasteiger partial charge is 0.462 e. The van der Waals surface area contributed by atoms with Crippen LogP contribution in [0.2, 0.25) is 5.15 Å². The summed E-state index contributed by atoms with van der Waals surface area (Å²) in [6.45, 7) is 1.91. The van der Waals surface area contributed by atoms with Crippen molar-refractivity contribution in [3.8, 4) is 6.07 Å². The molecule has 4 nitrogen and oxygen atoms in total. The summed E-state index contributed by atoms with van der Waals surface area (Å²) in [5.74, 6) is -0.647. The Morgan fingerprint density at radius 1 is 1.53 bits per heavy atom. The molecule has 0 saturated carbocycles. The number of aromatic amines is 1. The van der Waals surface area contributed by atoms with Crippen LogP contribution in [0.15, 0.2) is 29.8 Å². The Bertz CT molecular complexity index is 695. The molecule has 1 heterocycles. The number of H-pyrrole nitrogens is 1. The first-order valence-electron chi connectivity index (χ1n) is 5.72. The Morgan fingerprint density at radius 3 is 2.95 bits per heavy atom. The van der Waals surface area contributed by atoms with Gasteiger partial charge in [0.05, 0.1) is 6.61 Å². The Balaban J connectivity index is 2.52. The van der Waals surface area contributed by atoms with E-state index < -0.39 is 5.97 Å². The van der Waals surface area contributed by atoms with E-state index in [0.29, 0.717) is 10.7 Å². The Morgan fingerprint density at radius 2 is 2.26 bits per heavy atom. The number of ether oxygens (including phenoxy) is 1. The van der Waals surface area contributed by atoms with Gasteiger partial charge in [-0.05, 0) is 19.1 Å². The van der Waals surface area contributed by atoms with Crippen molar-refractivity contribution in [3.05, 3.63) is 40.6 Å². The lowest BCUT2D eigenvalue weighted by Crippen LogP contribution is -2.05. The second-order valence-electron chi connectivity index (χ2n) is 3.79. The van der Waals surface area contributed by atoms with Gasteiger partial charge in [0.2, 0.25) is 0 Å². The normalized spacial score (nSPS) is 11.3. The number of aromatic nitrogens is 1. The van der Waals surface area contributed by atoms with Crippen molar-refractivity contribution in [2.45, 2.75) is 6.92 Å². The molecule has 0 spiro atoms. The van der Waals surface area contributed by atoms with Gasteiger partial charge in [0.25, 0.3) is 0 Å². The maximum Gasteiger partial charge on any atom is 0.348 e. The number of hydrogen-bond donors (Lipinski definition) is 1. The standard InChI is InChI=1S/C14H11ClN2O2/c1-2-19-14(18)9(8-16)7-11-10-5-3-4-6-12(10)17-13(11)15/h3-7,17H,2H2,1H3. The molecule has 19 heavy (non-hydrogen) atoms. The molecule has 0 saturated heterocycles. The average molecular weight is 275 g/mol. The second kappa shape index (κ2) is 5.59. The van der Waals surface area contributed by atoms with E-state index in [9.17, 15) is 4.79 Å². The van der Waals surface area contributed by atoms with Crippen molar-refractivity contribution in [2.75, 3.05) is 6.61 Å². The first-order chi connectivity index (χ1) is 9.17. The van der Waals surface area contributed by atoms with E-state index >= 15 is 0 Å². The highest BCUT2D eigenvalue weighted by Gasteiger charge is 2.13. The summed E-state index contributed by atoms with van der Waals surface area (Å²) in [4.78, 5) is 14.6. The lowest BCUT2D eigenvalue weighted by molar-refractivity contribution is -0.137. The van der Waals surface area contributed by atoms with Crippen molar-refractivity contribution < 1.29 is 9.53 Å².